The third-order valence-electron chi connectivity index (χ3n) is 3.60. The van der Waals surface area contributed by atoms with Crippen molar-refractivity contribution in [2.45, 2.75) is 25.4 Å². The van der Waals surface area contributed by atoms with Crippen molar-refractivity contribution in [2.24, 2.45) is 0 Å². The van der Waals surface area contributed by atoms with Crippen molar-refractivity contribution in [2.75, 3.05) is 19.0 Å². The third-order valence-corrected chi connectivity index (χ3v) is 3.60. The highest BCUT2D eigenvalue weighted by Gasteiger charge is 2.28. The van der Waals surface area contributed by atoms with Gasteiger partial charge in [-0.1, -0.05) is 0 Å². The van der Waals surface area contributed by atoms with E-state index < -0.39 is 6.09 Å². The summed E-state index contributed by atoms with van der Waals surface area (Å²) in [6.07, 6.45) is 1.03. The van der Waals surface area contributed by atoms with E-state index in [1.807, 2.05) is 12.1 Å². The highest BCUT2D eigenvalue weighted by molar-refractivity contribution is 5.94. The molecule has 2 aliphatic rings. The molecule has 1 aromatic carbocycles. The minimum absolute atomic E-state index is 0.0346. The number of amides is 2. The van der Waals surface area contributed by atoms with Crippen LogP contribution in [0.25, 0.3) is 0 Å². The molecule has 20 heavy (non-hydrogen) atoms. The van der Waals surface area contributed by atoms with Gasteiger partial charge in [0.15, 0.2) is 0 Å². The van der Waals surface area contributed by atoms with E-state index in [4.69, 9.17) is 9.47 Å². The Morgan fingerprint density at radius 1 is 1.40 bits per heavy atom. The Morgan fingerprint density at radius 3 is 3.05 bits per heavy atom. The first-order chi connectivity index (χ1) is 9.67. The maximum atomic E-state index is 11.4. The molecule has 106 valence electrons. The quantitative estimate of drug-likeness (QED) is 0.809. The van der Waals surface area contributed by atoms with E-state index in [0.29, 0.717) is 25.9 Å². The van der Waals surface area contributed by atoms with Crippen molar-refractivity contribution < 1.29 is 19.1 Å². The first-order valence-electron chi connectivity index (χ1n) is 6.63. The lowest BCUT2D eigenvalue weighted by atomic mass is 9.92. The van der Waals surface area contributed by atoms with Gasteiger partial charge in [0.1, 0.15) is 18.5 Å². The number of carbonyl (C=O) groups excluding carboxylic acids is 2. The molecule has 2 N–H and O–H groups in total. The average Bonchev–Trinajstić information content (AvgIpc) is 2.46. The molecule has 0 spiro atoms. The summed E-state index contributed by atoms with van der Waals surface area (Å²) in [6.45, 7) is 0.353. The van der Waals surface area contributed by atoms with E-state index in [1.165, 1.54) is 7.05 Å². The van der Waals surface area contributed by atoms with E-state index in [0.717, 1.165) is 22.6 Å². The molecule has 0 radical (unpaired) electrons. The fourth-order valence-corrected chi connectivity index (χ4v) is 2.64. The lowest BCUT2D eigenvalue weighted by molar-refractivity contribution is -0.116. The Labute approximate surface area is 116 Å². The zero-order valence-corrected chi connectivity index (χ0v) is 11.2. The van der Waals surface area contributed by atoms with E-state index in [-0.39, 0.29) is 12.0 Å². The van der Waals surface area contributed by atoms with Gasteiger partial charge in [-0.2, -0.15) is 0 Å². The number of benzene rings is 1. The molecule has 0 saturated heterocycles. The Kier molecular flexibility index (Phi) is 3.22. The topological polar surface area (TPSA) is 76.7 Å². The van der Waals surface area contributed by atoms with Gasteiger partial charge in [-0.25, -0.2) is 4.79 Å². The molecule has 6 nitrogen and oxygen atoms in total. The third kappa shape index (κ3) is 2.29. The Morgan fingerprint density at radius 2 is 2.25 bits per heavy atom. The fourth-order valence-electron chi connectivity index (χ4n) is 2.64. The van der Waals surface area contributed by atoms with Gasteiger partial charge in [-0.3, -0.25) is 4.79 Å². The Balaban J connectivity index is 1.86. The summed E-state index contributed by atoms with van der Waals surface area (Å²) in [5.41, 5.74) is 2.96. The van der Waals surface area contributed by atoms with E-state index >= 15 is 0 Å². The van der Waals surface area contributed by atoms with Crippen molar-refractivity contribution in [1.82, 2.24) is 5.32 Å². The van der Waals surface area contributed by atoms with Crippen LogP contribution in [-0.2, 0) is 22.4 Å². The monoisotopic (exact) mass is 276 g/mol. The second-order valence-electron chi connectivity index (χ2n) is 4.91. The van der Waals surface area contributed by atoms with Crippen molar-refractivity contribution in [3.8, 4) is 5.75 Å². The summed E-state index contributed by atoms with van der Waals surface area (Å²) in [7, 11) is 1.53. The first-order valence-corrected chi connectivity index (χ1v) is 6.63. The van der Waals surface area contributed by atoms with Gasteiger partial charge in [0.2, 0.25) is 5.91 Å². The number of hydrogen-bond donors (Lipinski definition) is 2. The molecule has 2 aliphatic heterocycles. The number of nitrogens with one attached hydrogen (secondary N) is 2. The van der Waals surface area contributed by atoms with Crippen molar-refractivity contribution in [1.29, 1.82) is 0 Å². The van der Waals surface area contributed by atoms with Crippen LogP contribution in [0.5, 0.6) is 5.75 Å². The van der Waals surface area contributed by atoms with E-state index in [9.17, 15) is 9.59 Å². The normalized spacial score (nSPS) is 20.1. The van der Waals surface area contributed by atoms with Crippen LogP contribution in [0.1, 0.15) is 17.5 Å². The van der Waals surface area contributed by atoms with Crippen molar-refractivity contribution in [3.05, 3.63) is 23.3 Å². The van der Waals surface area contributed by atoms with Crippen LogP contribution < -0.4 is 15.4 Å². The van der Waals surface area contributed by atoms with Gasteiger partial charge in [0.25, 0.3) is 0 Å². The SMILES string of the molecule is CNC(=O)OC1COc2ccc3c(c2C1)CCC(=O)N3. The summed E-state index contributed by atoms with van der Waals surface area (Å²) in [5.74, 6) is 0.851. The number of carbonyl (C=O) groups is 2. The van der Waals surface area contributed by atoms with Gasteiger partial charge >= 0.3 is 6.09 Å². The highest BCUT2D eigenvalue weighted by Crippen LogP contribution is 2.36. The molecule has 0 aromatic heterocycles. The van der Waals surface area contributed by atoms with Gasteiger partial charge in [0, 0.05) is 31.1 Å². The maximum absolute atomic E-state index is 11.4. The number of rotatable bonds is 1. The molecule has 1 atom stereocenters. The molecule has 0 aliphatic carbocycles. The van der Waals surface area contributed by atoms with Crippen molar-refractivity contribution in [3.63, 3.8) is 0 Å². The standard InChI is InChI=1S/C14H16N2O4/c1-15-14(18)20-8-6-10-9-2-5-13(17)16-11(9)3-4-12(10)19-7-8/h3-4,8H,2,5-7H2,1H3,(H,15,18)(H,16,17). The average molecular weight is 276 g/mol. The van der Waals surface area contributed by atoms with Gasteiger partial charge in [-0.15, -0.1) is 0 Å². The van der Waals surface area contributed by atoms with Crippen LogP contribution in [0.15, 0.2) is 12.1 Å². The fraction of sp³-hybridized carbons (Fsp3) is 0.429. The Hall–Kier alpha value is -2.24. The van der Waals surface area contributed by atoms with Crippen LogP contribution in [0.2, 0.25) is 0 Å². The van der Waals surface area contributed by atoms with Crippen LogP contribution in [0.3, 0.4) is 0 Å². The smallest absolute Gasteiger partial charge is 0.407 e. The molecular formula is C14H16N2O4. The molecule has 2 amide bonds. The highest BCUT2D eigenvalue weighted by atomic mass is 16.6. The maximum Gasteiger partial charge on any atom is 0.407 e. The number of fused-ring (bicyclic) bond motifs is 3. The van der Waals surface area contributed by atoms with E-state index in [1.54, 1.807) is 0 Å². The predicted molar refractivity (Wildman–Crippen MR) is 71.9 cm³/mol. The molecular weight excluding hydrogens is 260 g/mol. The first kappa shape index (κ1) is 12.8. The second-order valence-corrected chi connectivity index (χ2v) is 4.91. The molecule has 0 bridgehead atoms. The summed E-state index contributed by atoms with van der Waals surface area (Å²) in [6, 6.07) is 3.72. The molecule has 1 unspecified atom stereocenters. The molecule has 0 saturated carbocycles. The molecule has 0 fully saturated rings. The molecule has 3 rings (SSSR count). The minimum atomic E-state index is -0.458. The molecule has 6 heteroatoms. The summed E-state index contributed by atoms with van der Waals surface area (Å²) in [4.78, 5) is 22.7. The van der Waals surface area contributed by atoms with E-state index in [2.05, 4.69) is 10.6 Å². The van der Waals surface area contributed by atoms with Gasteiger partial charge < -0.3 is 20.1 Å². The van der Waals surface area contributed by atoms with Crippen LogP contribution >= 0.6 is 0 Å². The number of hydrogen-bond acceptors (Lipinski definition) is 4. The zero-order valence-electron chi connectivity index (χ0n) is 11.2. The number of anilines is 1. The van der Waals surface area contributed by atoms with Crippen LogP contribution in [0.4, 0.5) is 10.5 Å². The number of alkyl carbamates (subject to hydrolysis) is 1. The summed E-state index contributed by atoms with van der Waals surface area (Å²) < 4.78 is 10.9. The lowest BCUT2D eigenvalue weighted by Gasteiger charge is -2.29. The second kappa shape index (κ2) is 5.03. The largest absolute Gasteiger partial charge is 0.489 e. The zero-order chi connectivity index (χ0) is 14.1. The predicted octanol–water partition coefficient (Wildman–Crippen LogP) is 1.23. The van der Waals surface area contributed by atoms with Gasteiger partial charge in [0.05, 0.1) is 0 Å². The van der Waals surface area contributed by atoms with Crippen molar-refractivity contribution >= 4 is 17.7 Å². The minimum Gasteiger partial charge on any atom is -0.489 e. The number of ether oxygens (including phenoxy) is 2. The van der Waals surface area contributed by atoms with Gasteiger partial charge in [-0.05, 0) is 24.1 Å². The molecule has 2 heterocycles. The summed E-state index contributed by atoms with van der Waals surface area (Å²) in [5, 5.41) is 5.29. The Bertz CT molecular complexity index is 571. The molecule has 1 aromatic rings. The van der Waals surface area contributed by atoms with Crippen LogP contribution in [0, 0.1) is 0 Å². The summed E-state index contributed by atoms with van der Waals surface area (Å²) >= 11 is 0. The lowest BCUT2D eigenvalue weighted by Crippen LogP contribution is -2.35. The van der Waals surface area contributed by atoms with Crippen LogP contribution in [-0.4, -0.2) is 31.8 Å².